The van der Waals surface area contributed by atoms with Gasteiger partial charge in [-0.05, 0) is 11.6 Å². The first-order valence-electron chi connectivity index (χ1n) is 5.19. The number of esters is 1. The number of halogens is 1. The van der Waals surface area contributed by atoms with Crippen molar-refractivity contribution in [1.82, 2.24) is 15.0 Å². The van der Waals surface area contributed by atoms with Gasteiger partial charge < -0.3 is 4.74 Å². The number of carbonyl (C=O) groups is 1. The van der Waals surface area contributed by atoms with Crippen LogP contribution in [0.15, 0.2) is 30.7 Å². The first kappa shape index (κ1) is 12.4. The Morgan fingerprint density at radius 1 is 1.44 bits per heavy atom. The molecule has 0 aromatic carbocycles. The van der Waals surface area contributed by atoms with Gasteiger partial charge in [-0.25, -0.2) is 14.8 Å². The van der Waals surface area contributed by atoms with E-state index in [-0.39, 0.29) is 10.7 Å². The molecule has 5 nitrogen and oxygen atoms in total. The van der Waals surface area contributed by atoms with Crippen LogP contribution in [0.2, 0.25) is 5.15 Å². The molecule has 92 valence electrons. The van der Waals surface area contributed by atoms with E-state index in [4.69, 9.17) is 11.6 Å². The van der Waals surface area contributed by atoms with Gasteiger partial charge >= 0.3 is 5.97 Å². The molecule has 18 heavy (non-hydrogen) atoms. The van der Waals surface area contributed by atoms with E-state index in [0.29, 0.717) is 12.2 Å². The zero-order chi connectivity index (χ0) is 13.0. The summed E-state index contributed by atoms with van der Waals surface area (Å²) in [6, 6.07) is 3.75. The molecule has 0 aliphatic heterocycles. The fourth-order valence-corrected chi connectivity index (χ4v) is 1.64. The third-order valence-electron chi connectivity index (χ3n) is 2.28. The number of ether oxygens (including phenoxy) is 1. The van der Waals surface area contributed by atoms with Gasteiger partial charge in [0.25, 0.3) is 0 Å². The van der Waals surface area contributed by atoms with E-state index in [2.05, 4.69) is 19.7 Å². The van der Waals surface area contributed by atoms with Crippen LogP contribution in [0.25, 0.3) is 0 Å². The van der Waals surface area contributed by atoms with Crippen molar-refractivity contribution in [2.45, 2.75) is 6.42 Å². The SMILES string of the molecule is COC(=O)c1cnc(Cc2cccnc2)nc1Cl. The van der Waals surface area contributed by atoms with E-state index in [1.165, 1.54) is 13.3 Å². The second-order valence-electron chi connectivity index (χ2n) is 3.52. The largest absolute Gasteiger partial charge is 0.465 e. The number of hydrogen-bond donors (Lipinski definition) is 0. The zero-order valence-electron chi connectivity index (χ0n) is 9.63. The first-order chi connectivity index (χ1) is 8.70. The Kier molecular flexibility index (Phi) is 3.84. The molecule has 0 amide bonds. The standard InChI is InChI=1S/C12H10ClN3O2/c1-18-12(17)9-7-15-10(16-11(9)13)5-8-3-2-4-14-6-8/h2-4,6-7H,5H2,1H3. The van der Waals surface area contributed by atoms with Crippen molar-refractivity contribution in [3.05, 3.63) is 52.8 Å². The number of rotatable bonds is 3. The van der Waals surface area contributed by atoms with Gasteiger partial charge in [-0.2, -0.15) is 0 Å². The lowest BCUT2D eigenvalue weighted by molar-refractivity contribution is 0.0600. The number of methoxy groups -OCH3 is 1. The summed E-state index contributed by atoms with van der Waals surface area (Å²) in [5.41, 5.74) is 1.13. The van der Waals surface area contributed by atoms with Crippen molar-refractivity contribution < 1.29 is 9.53 Å². The summed E-state index contributed by atoms with van der Waals surface area (Å²) in [4.78, 5) is 23.4. The average Bonchev–Trinajstić information content (AvgIpc) is 2.39. The van der Waals surface area contributed by atoms with E-state index in [1.54, 1.807) is 12.4 Å². The minimum absolute atomic E-state index is 0.0933. The van der Waals surface area contributed by atoms with Crippen molar-refractivity contribution >= 4 is 17.6 Å². The molecule has 0 spiro atoms. The molecule has 2 aromatic rings. The first-order valence-corrected chi connectivity index (χ1v) is 5.57. The molecule has 2 heterocycles. The van der Waals surface area contributed by atoms with Crippen LogP contribution < -0.4 is 0 Å². The smallest absolute Gasteiger partial charge is 0.342 e. The van der Waals surface area contributed by atoms with E-state index >= 15 is 0 Å². The monoisotopic (exact) mass is 263 g/mol. The van der Waals surface area contributed by atoms with Gasteiger partial charge in [-0.15, -0.1) is 0 Å². The number of aromatic nitrogens is 3. The molecule has 0 saturated carbocycles. The molecule has 0 atom stereocenters. The minimum atomic E-state index is -0.548. The van der Waals surface area contributed by atoms with Crippen molar-refractivity contribution in [3.63, 3.8) is 0 Å². The molecule has 0 fully saturated rings. The predicted molar refractivity (Wildman–Crippen MR) is 65.4 cm³/mol. The Morgan fingerprint density at radius 2 is 2.28 bits per heavy atom. The molecule has 0 unspecified atom stereocenters. The number of hydrogen-bond acceptors (Lipinski definition) is 5. The summed E-state index contributed by atoms with van der Waals surface area (Å²) in [5.74, 6) is -0.0198. The predicted octanol–water partition coefficient (Wildman–Crippen LogP) is 1.90. The van der Waals surface area contributed by atoms with Crippen molar-refractivity contribution in [2.24, 2.45) is 0 Å². The minimum Gasteiger partial charge on any atom is -0.465 e. The van der Waals surface area contributed by atoms with Crippen molar-refractivity contribution in [1.29, 1.82) is 0 Å². The molecule has 2 aromatic heterocycles. The molecule has 0 aliphatic rings. The van der Waals surface area contributed by atoms with Crippen LogP contribution in [0.4, 0.5) is 0 Å². The van der Waals surface area contributed by atoms with E-state index in [0.717, 1.165) is 5.56 Å². The van der Waals surface area contributed by atoms with Gasteiger partial charge in [0, 0.05) is 25.0 Å². The topological polar surface area (TPSA) is 65.0 Å². The Balaban J connectivity index is 2.22. The van der Waals surface area contributed by atoms with Crippen LogP contribution >= 0.6 is 11.6 Å². The summed E-state index contributed by atoms with van der Waals surface area (Å²) in [5, 5.41) is 0.0933. The molecule has 0 radical (unpaired) electrons. The van der Waals surface area contributed by atoms with Gasteiger partial charge in [0.2, 0.25) is 0 Å². The highest BCUT2D eigenvalue weighted by Crippen LogP contribution is 2.14. The Labute approximate surface area is 109 Å². The fraction of sp³-hybridized carbons (Fsp3) is 0.167. The van der Waals surface area contributed by atoms with Gasteiger partial charge in [-0.3, -0.25) is 4.98 Å². The van der Waals surface area contributed by atoms with Crippen molar-refractivity contribution in [3.8, 4) is 0 Å². The number of carbonyl (C=O) groups excluding carboxylic acids is 1. The average molecular weight is 264 g/mol. The molecular weight excluding hydrogens is 254 g/mol. The zero-order valence-corrected chi connectivity index (χ0v) is 10.4. The van der Waals surface area contributed by atoms with Crippen LogP contribution in [0, 0.1) is 0 Å². The summed E-state index contributed by atoms with van der Waals surface area (Å²) >= 11 is 5.90. The summed E-state index contributed by atoms with van der Waals surface area (Å²) in [7, 11) is 1.28. The van der Waals surface area contributed by atoms with Gasteiger partial charge in [0.05, 0.1) is 7.11 Å². The Morgan fingerprint density at radius 3 is 2.89 bits per heavy atom. The van der Waals surface area contributed by atoms with E-state index in [1.807, 2.05) is 12.1 Å². The lowest BCUT2D eigenvalue weighted by atomic mass is 10.2. The molecule has 0 saturated heterocycles. The maximum absolute atomic E-state index is 11.3. The normalized spacial score (nSPS) is 10.1. The van der Waals surface area contributed by atoms with Gasteiger partial charge in [0.15, 0.2) is 0 Å². The van der Waals surface area contributed by atoms with Crippen LogP contribution in [0.1, 0.15) is 21.7 Å². The maximum Gasteiger partial charge on any atom is 0.342 e. The molecule has 0 aliphatic carbocycles. The third-order valence-corrected chi connectivity index (χ3v) is 2.57. The van der Waals surface area contributed by atoms with Crippen LogP contribution in [-0.4, -0.2) is 28.0 Å². The number of pyridine rings is 1. The molecular formula is C12H10ClN3O2. The lowest BCUT2D eigenvalue weighted by Crippen LogP contribution is -2.06. The second-order valence-corrected chi connectivity index (χ2v) is 3.88. The molecule has 0 N–H and O–H groups in total. The van der Waals surface area contributed by atoms with E-state index < -0.39 is 5.97 Å². The van der Waals surface area contributed by atoms with Crippen LogP contribution in [-0.2, 0) is 11.2 Å². The van der Waals surface area contributed by atoms with Gasteiger partial charge in [0.1, 0.15) is 16.5 Å². The highest BCUT2D eigenvalue weighted by molar-refractivity contribution is 6.32. The number of nitrogens with zero attached hydrogens (tertiary/aromatic N) is 3. The van der Waals surface area contributed by atoms with Crippen molar-refractivity contribution in [2.75, 3.05) is 7.11 Å². The quantitative estimate of drug-likeness (QED) is 0.625. The molecule has 0 bridgehead atoms. The molecule has 2 rings (SSSR count). The Bertz CT molecular complexity index is 561. The third kappa shape index (κ3) is 2.81. The van der Waals surface area contributed by atoms with Crippen LogP contribution in [0.3, 0.4) is 0 Å². The summed E-state index contributed by atoms with van der Waals surface area (Å²) in [6.07, 6.45) is 5.30. The Hall–Kier alpha value is -2.01. The van der Waals surface area contributed by atoms with Gasteiger partial charge in [-0.1, -0.05) is 17.7 Å². The summed E-state index contributed by atoms with van der Waals surface area (Å²) < 4.78 is 4.56. The second kappa shape index (κ2) is 5.55. The highest BCUT2D eigenvalue weighted by Gasteiger charge is 2.13. The lowest BCUT2D eigenvalue weighted by Gasteiger charge is -2.04. The fourth-order valence-electron chi connectivity index (χ4n) is 1.41. The highest BCUT2D eigenvalue weighted by atomic mass is 35.5. The molecule has 6 heteroatoms. The van der Waals surface area contributed by atoms with E-state index in [9.17, 15) is 4.79 Å². The maximum atomic E-state index is 11.3. The van der Waals surface area contributed by atoms with Crippen LogP contribution in [0.5, 0.6) is 0 Å². The summed E-state index contributed by atoms with van der Waals surface area (Å²) in [6.45, 7) is 0.